The van der Waals surface area contributed by atoms with Crippen molar-refractivity contribution >= 4 is 15.9 Å². The van der Waals surface area contributed by atoms with Gasteiger partial charge in [0.15, 0.2) is 0 Å². The fraction of sp³-hybridized carbons (Fsp3) is 0.944. The van der Waals surface area contributed by atoms with E-state index in [4.69, 9.17) is 4.74 Å². The Bertz CT molecular complexity index is 598. The molecule has 1 saturated heterocycles. The molecule has 7 heteroatoms. The molecule has 0 spiro atoms. The highest BCUT2D eigenvalue weighted by atomic mass is 32.2. The Labute approximate surface area is 150 Å². The predicted molar refractivity (Wildman–Crippen MR) is 94.4 cm³/mol. The van der Waals surface area contributed by atoms with Crippen LogP contribution in [-0.4, -0.2) is 56.7 Å². The largest absolute Gasteiger partial charge is 0.376 e. The number of hydrogen-bond donors (Lipinski definition) is 1. The van der Waals surface area contributed by atoms with Crippen molar-refractivity contribution in [2.45, 2.75) is 51.6 Å². The summed E-state index contributed by atoms with van der Waals surface area (Å²) in [6.45, 7) is 3.37. The third-order valence-corrected chi connectivity index (χ3v) is 8.60. The molecule has 1 amide bonds. The number of sulfonamides is 1. The molecule has 4 saturated carbocycles. The molecule has 1 unspecified atom stereocenters. The van der Waals surface area contributed by atoms with Crippen LogP contribution in [0.15, 0.2) is 0 Å². The Kier molecular flexibility index (Phi) is 4.61. The molecule has 6 nitrogen and oxygen atoms in total. The van der Waals surface area contributed by atoms with Crippen LogP contribution in [0.1, 0.15) is 45.4 Å². The average Bonchev–Trinajstić information content (AvgIpc) is 2.53. The van der Waals surface area contributed by atoms with Gasteiger partial charge >= 0.3 is 0 Å². The van der Waals surface area contributed by atoms with Crippen LogP contribution >= 0.6 is 0 Å². The molecule has 5 rings (SSSR count). The van der Waals surface area contributed by atoms with Gasteiger partial charge < -0.3 is 10.1 Å². The number of nitrogens with zero attached hydrogens (tertiary/aromatic N) is 1. The van der Waals surface area contributed by atoms with Gasteiger partial charge in [0.25, 0.3) is 0 Å². The first-order valence-electron chi connectivity index (χ1n) is 9.74. The minimum absolute atomic E-state index is 0.0160. The lowest BCUT2D eigenvalue weighted by Crippen LogP contribution is -2.54. The molecule has 4 bridgehead atoms. The van der Waals surface area contributed by atoms with E-state index in [1.165, 1.54) is 23.6 Å². The number of nitrogens with one attached hydrogen (secondary N) is 1. The Balaban J connectivity index is 1.32. The summed E-state index contributed by atoms with van der Waals surface area (Å²) in [5.74, 6) is 2.25. The summed E-state index contributed by atoms with van der Waals surface area (Å²) in [5, 5.41) is 2.97. The van der Waals surface area contributed by atoms with Crippen molar-refractivity contribution in [2.75, 3.05) is 32.0 Å². The van der Waals surface area contributed by atoms with Crippen molar-refractivity contribution in [3.63, 3.8) is 0 Å². The van der Waals surface area contributed by atoms with Crippen LogP contribution in [0.2, 0.25) is 0 Å². The van der Waals surface area contributed by atoms with Crippen LogP contribution < -0.4 is 5.32 Å². The third-order valence-electron chi connectivity index (χ3n) is 6.76. The predicted octanol–water partition coefficient (Wildman–Crippen LogP) is 1.37. The molecule has 25 heavy (non-hydrogen) atoms. The van der Waals surface area contributed by atoms with Crippen LogP contribution in [-0.2, 0) is 19.6 Å². The fourth-order valence-electron chi connectivity index (χ4n) is 6.04. The number of carbonyl (C=O) groups excluding carboxylic acids is 1. The van der Waals surface area contributed by atoms with Crippen LogP contribution in [0.3, 0.4) is 0 Å². The summed E-state index contributed by atoms with van der Waals surface area (Å²) >= 11 is 0. The minimum atomic E-state index is -3.33. The van der Waals surface area contributed by atoms with Gasteiger partial charge in [-0.1, -0.05) is 0 Å². The third kappa shape index (κ3) is 3.47. The number of hydrogen-bond acceptors (Lipinski definition) is 4. The smallest absolute Gasteiger partial charge is 0.226 e. The highest BCUT2D eigenvalue weighted by Crippen LogP contribution is 2.60. The zero-order chi connectivity index (χ0) is 17.7. The topological polar surface area (TPSA) is 75.7 Å². The first-order valence-corrected chi connectivity index (χ1v) is 11.3. The lowest BCUT2D eigenvalue weighted by atomic mass is 9.49. The molecule has 1 aliphatic heterocycles. The van der Waals surface area contributed by atoms with Gasteiger partial charge in [0, 0.05) is 25.0 Å². The summed E-state index contributed by atoms with van der Waals surface area (Å²) in [6.07, 6.45) is 6.88. The molecule has 0 aromatic carbocycles. The van der Waals surface area contributed by atoms with Crippen molar-refractivity contribution in [3.8, 4) is 0 Å². The van der Waals surface area contributed by atoms with Crippen molar-refractivity contribution in [2.24, 2.45) is 23.2 Å². The Morgan fingerprint density at radius 3 is 2.32 bits per heavy atom. The van der Waals surface area contributed by atoms with Gasteiger partial charge in [-0.25, -0.2) is 8.42 Å². The van der Waals surface area contributed by atoms with Crippen molar-refractivity contribution in [1.29, 1.82) is 0 Å². The molecule has 1 atom stereocenters. The number of carbonyl (C=O) groups is 1. The van der Waals surface area contributed by atoms with Gasteiger partial charge in [-0.05, 0) is 63.2 Å². The Hall–Kier alpha value is -0.660. The van der Waals surface area contributed by atoms with Gasteiger partial charge in [-0.2, -0.15) is 4.31 Å². The van der Waals surface area contributed by atoms with Crippen molar-refractivity contribution in [3.05, 3.63) is 0 Å². The van der Waals surface area contributed by atoms with Gasteiger partial charge in [0.2, 0.25) is 15.9 Å². The molecule has 1 N–H and O–H groups in total. The lowest BCUT2D eigenvalue weighted by molar-refractivity contribution is -0.146. The maximum absolute atomic E-state index is 12.9. The monoisotopic (exact) mass is 370 g/mol. The van der Waals surface area contributed by atoms with Gasteiger partial charge in [0.05, 0.1) is 18.5 Å². The molecule has 5 fully saturated rings. The van der Waals surface area contributed by atoms with E-state index in [0.717, 1.165) is 37.0 Å². The first-order chi connectivity index (χ1) is 11.9. The van der Waals surface area contributed by atoms with Gasteiger partial charge in [-0.3, -0.25) is 4.79 Å². The molecule has 4 aliphatic carbocycles. The second-order valence-electron chi connectivity index (χ2n) is 8.81. The number of morpholine rings is 1. The van der Waals surface area contributed by atoms with Crippen molar-refractivity contribution < 1.29 is 17.9 Å². The molecular weight excluding hydrogens is 340 g/mol. The molecule has 1 heterocycles. The van der Waals surface area contributed by atoms with E-state index in [0.29, 0.717) is 19.7 Å². The molecule has 5 aliphatic rings. The summed E-state index contributed by atoms with van der Waals surface area (Å²) in [6, 6.07) is 0. The summed E-state index contributed by atoms with van der Waals surface area (Å²) < 4.78 is 31.9. The standard InChI is InChI=1S/C18H30N2O4S/c1-13-12-20(3-4-24-13)25(22,23)5-2-19-17(21)18-9-14-6-15(10-18)8-16(7-14)11-18/h13-16H,2-12H2,1H3,(H,19,21). The van der Waals surface area contributed by atoms with Crippen LogP contribution in [0, 0.1) is 23.2 Å². The number of ether oxygens (including phenoxy) is 1. The number of rotatable bonds is 5. The highest BCUT2D eigenvalue weighted by Gasteiger charge is 2.54. The second kappa shape index (κ2) is 6.50. The van der Waals surface area contributed by atoms with E-state index in [-0.39, 0.29) is 29.7 Å². The maximum atomic E-state index is 12.9. The van der Waals surface area contributed by atoms with E-state index in [9.17, 15) is 13.2 Å². The zero-order valence-corrected chi connectivity index (χ0v) is 15.9. The average molecular weight is 371 g/mol. The molecule has 0 radical (unpaired) electrons. The summed E-state index contributed by atoms with van der Waals surface area (Å²) in [4.78, 5) is 12.9. The summed E-state index contributed by atoms with van der Waals surface area (Å²) in [7, 11) is -3.33. The van der Waals surface area contributed by atoms with Crippen LogP contribution in [0.5, 0.6) is 0 Å². The molecule has 0 aromatic heterocycles. The van der Waals surface area contributed by atoms with Gasteiger partial charge in [-0.15, -0.1) is 0 Å². The maximum Gasteiger partial charge on any atom is 0.226 e. The SMILES string of the molecule is CC1CN(S(=O)(=O)CCNC(=O)C23CC4CC(CC(C4)C2)C3)CCO1. The second-order valence-corrected chi connectivity index (χ2v) is 10.9. The Morgan fingerprint density at radius 2 is 1.76 bits per heavy atom. The number of amides is 1. The van der Waals surface area contributed by atoms with E-state index >= 15 is 0 Å². The zero-order valence-electron chi connectivity index (χ0n) is 15.1. The van der Waals surface area contributed by atoms with Crippen molar-refractivity contribution in [1.82, 2.24) is 9.62 Å². The van der Waals surface area contributed by atoms with E-state index in [1.54, 1.807) is 0 Å². The minimum Gasteiger partial charge on any atom is -0.376 e. The van der Waals surface area contributed by atoms with Crippen LogP contribution in [0.4, 0.5) is 0 Å². The van der Waals surface area contributed by atoms with E-state index < -0.39 is 10.0 Å². The normalized spacial score (nSPS) is 41.0. The molecule has 0 aromatic rings. The lowest BCUT2D eigenvalue weighted by Gasteiger charge is -2.55. The molecule has 142 valence electrons. The van der Waals surface area contributed by atoms with E-state index in [2.05, 4.69) is 5.32 Å². The van der Waals surface area contributed by atoms with Gasteiger partial charge in [0.1, 0.15) is 0 Å². The molecular formula is C18H30N2O4S. The quantitative estimate of drug-likeness (QED) is 0.793. The van der Waals surface area contributed by atoms with Crippen LogP contribution in [0.25, 0.3) is 0 Å². The van der Waals surface area contributed by atoms with E-state index in [1.807, 2.05) is 6.92 Å². The first kappa shape index (κ1) is 17.7. The highest BCUT2D eigenvalue weighted by molar-refractivity contribution is 7.89. The summed E-state index contributed by atoms with van der Waals surface area (Å²) in [5.41, 5.74) is -0.202. The fourth-order valence-corrected chi connectivity index (χ4v) is 7.45. The Morgan fingerprint density at radius 1 is 1.16 bits per heavy atom.